The van der Waals surface area contributed by atoms with E-state index in [0.717, 1.165) is 12.2 Å². The lowest BCUT2D eigenvalue weighted by atomic mass is 10.2. The fraction of sp³-hybridized carbons (Fsp3) is 0.562. The van der Waals surface area contributed by atoms with Crippen LogP contribution in [0.3, 0.4) is 0 Å². The lowest BCUT2D eigenvalue weighted by Gasteiger charge is -2.23. The highest BCUT2D eigenvalue weighted by Crippen LogP contribution is 2.16. The number of nitrogens with zero attached hydrogens (tertiary/aromatic N) is 1. The molecule has 0 aliphatic carbocycles. The van der Waals surface area contributed by atoms with Crippen LogP contribution < -0.4 is 10.1 Å². The van der Waals surface area contributed by atoms with Crippen molar-refractivity contribution < 1.29 is 17.9 Å². The molecule has 2 amide bonds. The lowest BCUT2D eigenvalue weighted by molar-refractivity contribution is 0.192. The molecule has 1 N–H and O–H groups in total. The Morgan fingerprint density at radius 2 is 2.04 bits per heavy atom. The third-order valence-electron chi connectivity index (χ3n) is 4.06. The van der Waals surface area contributed by atoms with Crippen molar-refractivity contribution in [2.75, 3.05) is 31.7 Å². The highest BCUT2D eigenvalue weighted by molar-refractivity contribution is 7.91. The Balaban J connectivity index is 1.70. The van der Waals surface area contributed by atoms with Gasteiger partial charge in [0.05, 0.1) is 18.1 Å². The first kappa shape index (κ1) is 17.6. The molecule has 0 saturated carbocycles. The highest BCUT2D eigenvalue weighted by atomic mass is 32.2. The minimum atomic E-state index is -2.99. The Kier molecular flexibility index (Phi) is 5.87. The maximum absolute atomic E-state index is 12.0. The van der Waals surface area contributed by atoms with E-state index in [1.807, 2.05) is 24.3 Å². The maximum atomic E-state index is 12.0. The Labute approximate surface area is 137 Å². The number of hydrogen-bond acceptors (Lipinski definition) is 4. The molecule has 1 saturated heterocycles. The normalized spacial score (nSPS) is 19.3. The maximum Gasteiger partial charge on any atom is 0.317 e. The van der Waals surface area contributed by atoms with Crippen LogP contribution in [-0.2, 0) is 16.3 Å². The van der Waals surface area contributed by atoms with Crippen molar-refractivity contribution in [3.8, 4) is 5.75 Å². The minimum absolute atomic E-state index is 0.0528. The number of benzene rings is 1. The standard InChI is InChI=1S/C16H24N2O4S/c1-3-13-4-6-15(7-5-13)22-10-9-17-16(19)18(2)14-8-11-23(20,21)12-14/h4-7,14H,3,8-12H2,1-2H3,(H,17,19). The number of rotatable bonds is 6. The summed E-state index contributed by atoms with van der Waals surface area (Å²) in [6.07, 6.45) is 1.49. The second kappa shape index (κ2) is 7.68. The van der Waals surface area contributed by atoms with Crippen molar-refractivity contribution in [3.63, 3.8) is 0 Å². The van der Waals surface area contributed by atoms with Crippen molar-refractivity contribution in [1.29, 1.82) is 0 Å². The molecule has 0 bridgehead atoms. The molecule has 1 aromatic carbocycles. The average Bonchev–Trinajstić information content (AvgIpc) is 2.91. The molecular formula is C16H24N2O4S. The van der Waals surface area contributed by atoms with Gasteiger partial charge in [-0.1, -0.05) is 19.1 Å². The van der Waals surface area contributed by atoms with Gasteiger partial charge < -0.3 is 15.0 Å². The van der Waals surface area contributed by atoms with E-state index >= 15 is 0 Å². The molecule has 1 aliphatic heterocycles. The van der Waals surface area contributed by atoms with Crippen molar-refractivity contribution in [1.82, 2.24) is 10.2 Å². The van der Waals surface area contributed by atoms with Gasteiger partial charge in [0.2, 0.25) is 0 Å². The van der Waals surface area contributed by atoms with E-state index in [4.69, 9.17) is 4.74 Å². The predicted octanol–water partition coefficient (Wildman–Crippen LogP) is 1.46. The second-order valence-corrected chi connectivity index (χ2v) is 7.97. The Morgan fingerprint density at radius 3 is 2.61 bits per heavy atom. The van der Waals surface area contributed by atoms with Crippen LogP contribution in [-0.4, -0.2) is 57.1 Å². The summed E-state index contributed by atoms with van der Waals surface area (Å²) < 4.78 is 28.5. The van der Waals surface area contributed by atoms with E-state index in [0.29, 0.717) is 19.6 Å². The zero-order chi connectivity index (χ0) is 16.9. The van der Waals surface area contributed by atoms with Gasteiger partial charge in [-0.15, -0.1) is 0 Å². The molecule has 0 aromatic heterocycles. The molecule has 2 rings (SSSR count). The lowest BCUT2D eigenvalue weighted by Crippen LogP contribution is -2.45. The van der Waals surface area contributed by atoms with Crippen molar-refractivity contribution in [2.45, 2.75) is 25.8 Å². The van der Waals surface area contributed by atoms with Crippen LogP contribution in [0.2, 0.25) is 0 Å². The van der Waals surface area contributed by atoms with Crippen LogP contribution in [0.15, 0.2) is 24.3 Å². The fourth-order valence-electron chi connectivity index (χ4n) is 2.52. The molecule has 1 aromatic rings. The van der Waals surface area contributed by atoms with Gasteiger partial charge in [-0.2, -0.15) is 0 Å². The quantitative estimate of drug-likeness (QED) is 0.796. The molecule has 1 aliphatic rings. The van der Waals surface area contributed by atoms with Crippen molar-refractivity contribution in [2.24, 2.45) is 0 Å². The van der Waals surface area contributed by atoms with Crippen LogP contribution in [0.5, 0.6) is 5.75 Å². The third-order valence-corrected chi connectivity index (χ3v) is 5.81. The number of carbonyl (C=O) groups excluding carboxylic acids is 1. The number of aryl methyl sites for hydroxylation is 1. The van der Waals surface area contributed by atoms with Gasteiger partial charge >= 0.3 is 6.03 Å². The largest absolute Gasteiger partial charge is 0.492 e. The summed E-state index contributed by atoms with van der Waals surface area (Å²) in [6.45, 7) is 2.84. The van der Waals surface area contributed by atoms with E-state index < -0.39 is 9.84 Å². The number of urea groups is 1. The molecule has 1 unspecified atom stereocenters. The zero-order valence-electron chi connectivity index (χ0n) is 13.6. The first-order valence-electron chi connectivity index (χ1n) is 7.84. The van der Waals surface area contributed by atoms with E-state index in [1.165, 1.54) is 10.5 Å². The van der Waals surface area contributed by atoms with Crippen LogP contribution in [0, 0.1) is 0 Å². The van der Waals surface area contributed by atoms with Gasteiger partial charge in [-0.3, -0.25) is 0 Å². The second-order valence-electron chi connectivity index (χ2n) is 5.75. The van der Waals surface area contributed by atoms with E-state index in [1.54, 1.807) is 7.05 Å². The number of hydrogen-bond donors (Lipinski definition) is 1. The van der Waals surface area contributed by atoms with Crippen LogP contribution >= 0.6 is 0 Å². The van der Waals surface area contributed by atoms with E-state index in [9.17, 15) is 13.2 Å². The average molecular weight is 340 g/mol. The molecule has 1 fully saturated rings. The third kappa shape index (κ3) is 5.13. The smallest absolute Gasteiger partial charge is 0.317 e. The molecule has 128 valence electrons. The number of amides is 2. The summed E-state index contributed by atoms with van der Waals surface area (Å²) in [5.41, 5.74) is 1.25. The summed E-state index contributed by atoms with van der Waals surface area (Å²) in [5, 5.41) is 2.75. The van der Waals surface area contributed by atoms with Crippen LogP contribution in [0.1, 0.15) is 18.9 Å². The zero-order valence-corrected chi connectivity index (χ0v) is 14.4. The van der Waals surface area contributed by atoms with Crippen molar-refractivity contribution >= 4 is 15.9 Å². The molecule has 23 heavy (non-hydrogen) atoms. The summed E-state index contributed by atoms with van der Waals surface area (Å²) in [7, 11) is -1.36. The van der Waals surface area contributed by atoms with Crippen molar-refractivity contribution in [3.05, 3.63) is 29.8 Å². The molecule has 6 nitrogen and oxygen atoms in total. The van der Waals surface area contributed by atoms with E-state index in [-0.39, 0.29) is 23.6 Å². The first-order chi connectivity index (χ1) is 10.9. The number of sulfone groups is 1. The monoisotopic (exact) mass is 340 g/mol. The van der Waals surface area contributed by atoms with Gasteiger partial charge in [-0.25, -0.2) is 13.2 Å². The summed E-state index contributed by atoms with van der Waals surface area (Å²) in [5.74, 6) is 0.982. The molecule has 0 radical (unpaired) electrons. The summed E-state index contributed by atoms with van der Waals surface area (Å²) in [4.78, 5) is 13.5. The van der Waals surface area contributed by atoms with E-state index in [2.05, 4.69) is 12.2 Å². The Hall–Kier alpha value is -1.76. The van der Waals surface area contributed by atoms with Gasteiger partial charge in [0.1, 0.15) is 12.4 Å². The summed E-state index contributed by atoms with van der Waals surface area (Å²) in [6, 6.07) is 7.36. The van der Waals surface area contributed by atoms with Gasteiger partial charge in [0.25, 0.3) is 0 Å². The van der Waals surface area contributed by atoms with Crippen LogP contribution in [0.25, 0.3) is 0 Å². The number of carbonyl (C=O) groups is 1. The molecule has 1 heterocycles. The minimum Gasteiger partial charge on any atom is -0.492 e. The number of nitrogens with one attached hydrogen (secondary N) is 1. The molecule has 1 atom stereocenters. The SMILES string of the molecule is CCc1ccc(OCCNC(=O)N(C)C2CCS(=O)(=O)C2)cc1. The predicted molar refractivity (Wildman–Crippen MR) is 89.5 cm³/mol. The molecular weight excluding hydrogens is 316 g/mol. The topological polar surface area (TPSA) is 75.7 Å². The van der Waals surface area contributed by atoms with Gasteiger partial charge in [0.15, 0.2) is 9.84 Å². The Bertz CT molecular complexity index is 628. The molecule has 7 heteroatoms. The Morgan fingerprint density at radius 1 is 1.35 bits per heavy atom. The van der Waals surface area contributed by atoms with Crippen LogP contribution in [0.4, 0.5) is 4.79 Å². The van der Waals surface area contributed by atoms with Gasteiger partial charge in [0, 0.05) is 13.1 Å². The molecule has 0 spiro atoms. The first-order valence-corrected chi connectivity index (χ1v) is 9.66. The fourth-order valence-corrected chi connectivity index (χ4v) is 4.29. The summed E-state index contributed by atoms with van der Waals surface area (Å²) >= 11 is 0. The number of ether oxygens (including phenoxy) is 1. The van der Waals surface area contributed by atoms with Gasteiger partial charge in [-0.05, 0) is 30.5 Å². The highest BCUT2D eigenvalue weighted by Gasteiger charge is 2.32.